The number of esters is 3. The van der Waals surface area contributed by atoms with E-state index >= 15 is 0 Å². The summed E-state index contributed by atoms with van der Waals surface area (Å²) in [5.74, 6) is -36.4. The molecular weight excluding hydrogens is 1840 g/mol. The van der Waals surface area contributed by atoms with Crippen molar-refractivity contribution in [3.8, 4) is 34.5 Å². The first-order chi connectivity index (χ1) is 62.6. The number of benzene rings is 6. The molecule has 13 rings (SSSR count). The van der Waals surface area contributed by atoms with Crippen LogP contribution in [0.2, 0.25) is 0 Å². The maximum atomic E-state index is 14.3. The highest BCUT2D eigenvalue weighted by Crippen LogP contribution is 2.47. The van der Waals surface area contributed by atoms with Crippen LogP contribution < -0.4 is 44.7 Å². The second-order valence-electron chi connectivity index (χ2n) is 27.9. The molecule has 0 bridgehead atoms. The van der Waals surface area contributed by atoms with E-state index in [1.165, 1.54) is 37.4 Å². The molecule has 714 valence electrons. The molecule has 4 fully saturated rings. The highest BCUT2D eigenvalue weighted by molar-refractivity contribution is 6.38. The number of nitrogens with zero attached hydrogens (tertiary/aromatic N) is 5. The standard InChI is InChI=1S/C16H15F4NO4.C16H14F3NO4.C15H16F3NO4.C14H9BF5NO4.C14H10F3NO4.C8H5F3O3/c1-3-25-16(23)8(6-21-11-5-9(11)17)14(22)7-4-10(18)13(20)15(24-2)12(7)19;1-3-24-16(22)8-6-20(11-5-9(11)17)13-7(14(8)21)4-10(18)12(19)15(13)23-2;1-5-23-15(21)9(7-19(2)3)13(20)8-6-10(16)12(18)14(22-4)11(8)17;1-24-13-10(18)8(17)2-5-11(13)21(9-3-7(9)16)4-6(12(5)22)14(23)25-15(19)20;1-22-13-10(17)8(16)2-5-11(13)18(9-3-7(9)15)4-6(12(5)19)14(20)21;1-14-7-5(10)3(8(12)13)2-4(9)6(7)11/h4,6,9,11,22H,3,5H2,1-2H3;4,6,9,11H,3,5H2,1-2H3;6-7H,5H2,1-4H3;2,4,7,9H,3H2,1H3;2,4,7,9H,3H2,1H3,(H,20,21);2H,1H3,(H,12,13)/b;;9-7-;;;/t2*9-,11+;;2*7-,9+;/m00.00./s1. The van der Waals surface area contributed by atoms with E-state index in [0.29, 0.717) is 30.3 Å². The molecule has 6 aromatic carbocycles. The lowest BCUT2D eigenvalue weighted by Gasteiger charge is -2.16. The average molecular weight is 1910 g/mol. The minimum atomic E-state index is -3.48. The molecule has 0 saturated heterocycles. The van der Waals surface area contributed by atoms with Crippen molar-refractivity contribution in [1.29, 1.82) is 0 Å². The van der Waals surface area contributed by atoms with Gasteiger partial charge in [0.05, 0.1) is 130 Å². The molecule has 8 atom stereocenters. The van der Waals surface area contributed by atoms with Gasteiger partial charge in [-0.15, -0.1) is 0 Å². The number of aliphatic hydroxyl groups is 1. The van der Waals surface area contributed by atoms with Crippen molar-refractivity contribution in [2.45, 2.75) is 95.3 Å². The number of hydrogen-bond donors (Lipinski definition) is 3. The third kappa shape index (κ3) is 22.6. The number of carbonyl (C=O) groups excluding carboxylic acids is 5. The number of aliphatic hydroxyl groups excluding tert-OH is 1. The number of fused-ring (bicyclic) bond motifs is 3. The molecule has 4 aliphatic rings. The molecule has 50 heteroatoms. The fourth-order valence-corrected chi connectivity index (χ4v) is 12.4. The van der Waals surface area contributed by atoms with Gasteiger partial charge in [-0.3, -0.25) is 24.2 Å². The zero-order valence-corrected chi connectivity index (χ0v) is 70.2. The zero-order chi connectivity index (χ0) is 99.6. The Hall–Kier alpha value is -14.4. The highest BCUT2D eigenvalue weighted by atomic mass is 19.2. The summed E-state index contributed by atoms with van der Waals surface area (Å²) in [6, 6.07) is -0.181. The third-order valence-corrected chi connectivity index (χ3v) is 19.0. The van der Waals surface area contributed by atoms with Crippen molar-refractivity contribution in [1.82, 2.24) is 18.6 Å². The van der Waals surface area contributed by atoms with Crippen LogP contribution in [0.5, 0.6) is 34.5 Å². The SMILES string of the molecule is CCOC(=O)/C(=C\N(C)C)C(=O)c1cc(F)c(F)c(OC)c1F.CCOC(=O)C(C=N[C@@H]1C[C@@H]1F)=C(O)c1cc(F)c(F)c(OC)c1F.CCOC(=O)c1cn([C@@H]2C[C@@H]2F)c2c(OC)c(F)c(F)cc2c1=O.COc1c(F)c(F)cc(C(=O)O)c1F.COc1c(F)c(F)cc2c(=O)c(C(=O)O)cn([C@@H]3C[C@@H]3F)c12.COc1c(F)c(F)cc2c(=O)c(C(=O)OB(F)F)cn([C@@H]3C[C@@H]3F)c12. The number of alkyl halides is 4. The minimum absolute atomic E-state index is 0.0105. The number of carboxylic acids is 2. The first kappa shape index (κ1) is 104. The van der Waals surface area contributed by atoms with Gasteiger partial charge in [-0.25, -0.2) is 94.5 Å². The smallest absolute Gasteiger partial charge is 0.506 e. The van der Waals surface area contributed by atoms with Gasteiger partial charge in [0.25, 0.3) is 0 Å². The molecule has 9 aromatic rings. The van der Waals surface area contributed by atoms with Crippen molar-refractivity contribution in [3.63, 3.8) is 0 Å². The Kier molecular flexibility index (Phi) is 34.0. The van der Waals surface area contributed by atoms with Crippen molar-refractivity contribution >= 4 is 93.8 Å². The largest absolute Gasteiger partial charge is 0.798 e. The molecule has 3 heterocycles. The fraction of sp³-hybridized carbons (Fsp3) is 0.313. The van der Waals surface area contributed by atoms with Crippen LogP contribution in [0.25, 0.3) is 38.5 Å². The Labute approximate surface area is 733 Å². The van der Waals surface area contributed by atoms with Gasteiger partial charge in [0, 0.05) is 70.8 Å². The Morgan fingerprint density at radius 1 is 0.414 bits per heavy atom. The number of pyridine rings is 3. The van der Waals surface area contributed by atoms with E-state index < -0.39 is 286 Å². The number of aromatic carboxylic acids is 2. The molecule has 0 amide bonds. The molecule has 0 unspecified atom stereocenters. The molecular formula is C83H69BF21N5O23. The summed E-state index contributed by atoms with van der Waals surface area (Å²) < 4.78 is 331. The van der Waals surface area contributed by atoms with Gasteiger partial charge in [0.1, 0.15) is 63.8 Å². The lowest BCUT2D eigenvalue weighted by Crippen LogP contribution is -2.24. The van der Waals surface area contributed by atoms with E-state index in [1.807, 2.05) is 0 Å². The third-order valence-electron chi connectivity index (χ3n) is 19.0. The first-order valence-electron chi connectivity index (χ1n) is 38.0. The average Bonchev–Trinajstić information content (AvgIpc) is 1.69. The number of halogens is 21. The van der Waals surface area contributed by atoms with Crippen LogP contribution in [0.4, 0.5) is 92.0 Å². The van der Waals surface area contributed by atoms with Gasteiger partial charge in [-0.05, 0) is 57.2 Å². The second-order valence-corrected chi connectivity index (χ2v) is 27.9. The monoisotopic (exact) mass is 1910 g/mol. The maximum absolute atomic E-state index is 14.3. The summed E-state index contributed by atoms with van der Waals surface area (Å²) in [6.45, 7) is 4.53. The van der Waals surface area contributed by atoms with Gasteiger partial charge in [0.15, 0.2) is 86.9 Å². The molecule has 133 heavy (non-hydrogen) atoms. The summed E-state index contributed by atoms with van der Waals surface area (Å²) >= 11 is 0. The lowest BCUT2D eigenvalue weighted by molar-refractivity contribution is -0.138. The molecule has 4 aliphatic carbocycles. The van der Waals surface area contributed by atoms with E-state index in [9.17, 15) is 145 Å². The maximum Gasteiger partial charge on any atom is 0.798 e. The van der Waals surface area contributed by atoms with Crippen LogP contribution in [0.15, 0.2) is 91.7 Å². The summed E-state index contributed by atoms with van der Waals surface area (Å²) in [6.07, 6.45) is 0.186. The Balaban J connectivity index is 0.000000198. The topological polar surface area (TPSA) is 354 Å². The summed E-state index contributed by atoms with van der Waals surface area (Å²) in [5.41, 5.74) is -9.09. The number of ether oxygens (including phenoxy) is 9. The van der Waals surface area contributed by atoms with Gasteiger partial charge in [0.2, 0.25) is 57.0 Å². The van der Waals surface area contributed by atoms with E-state index in [0.717, 1.165) is 82.8 Å². The van der Waals surface area contributed by atoms with Gasteiger partial charge >= 0.3 is 43.3 Å². The zero-order valence-electron chi connectivity index (χ0n) is 70.2. The van der Waals surface area contributed by atoms with Crippen LogP contribution in [0.3, 0.4) is 0 Å². The van der Waals surface area contributed by atoms with Gasteiger partial charge in [-0.2, -0.15) is 26.3 Å². The molecule has 4 saturated carbocycles. The molecule has 3 aromatic heterocycles. The van der Waals surface area contributed by atoms with Crippen molar-refractivity contribution in [2.24, 2.45) is 4.99 Å². The predicted molar refractivity (Wildman–Crippen MR) is 422 cm³/mol. The number of Topliss-reactive ketones (excluding diaryl/α,β-unsaturated/α-hetero) is 1. The number of aliphatic imine (C=N–C) groups is 1. The fourth-order valence-electron chi connectivity index (χ4n) is 12.4. The Morgan fingerprint density at radius 3 is 1.04 bits per heavy atom. The number of rotatable bonds is 25. The minimum Gasteiger partial charge on any atom is -0.506 e. The lowest BCUT2D eigenvalue weighted by atomic mass is 10.0. The van der Waals surface area contributed by atoms with Gasteiger partial charge in [-0.1, -0.05) is 0 Å². The van der Waals surface area contributed by atoms with Crippen LogP contribution in [-0.2, 0) is 28.5 Å². The van der Waals surface area contributed by atoms with Crippen LogP contribution in [0, 0.1) is 87.3 Å². The number of ketones is 1. The van der Waals surface area contributed by atoms with Crippen LogP contribution in [0.1, 0.15) is 122 Å². The number of hydrogen-bond acceptors (Lipinski definition) is 23. The van der Waals surface area contributed by atoms with Crippen molar-refractivity contribution < 1.29 is 188 Å². The second kappa shape index (κ2) is 43.5. The van der Waals surface area contributed by atoms with Gasteiger partial charge < -0.3 is 81.2 Å². The molecule has 0 spiro atoms. The summed E-state index contributed by atoms with van der Waals surface area (Å²) in [5, 5.41) is 26.5. The Morgan fingerprint density at radius 2 is 0.714 bits per heavy atom. The van der Waals surface area contributed by atoms with E-state index in [-0.39, 0.29) is 84.5 Å². The van der Waals surface area contributed by atoms with Crippen LogP contribution >= 0.6 is 0 Å². The van der Waals surface area contributed by atoms with Crippen molar-refractivity contribution in [2.75, 3.05) is 76.6 Å². The summed E-state index contributed by atoms with van der Waals surface area (Å²) in [7, 11) is 5.53. The Bertz CT molecular complexity index is 6410. The number of methoxy groups -OCH3 is 6. The number of aromatic nitrogens is 3. The first-order valence-corrected chi connectivity index (χ1v) is 38.0. The number of carbonyl (C=O) groups is 7. The van der Waals surface area contributed by atoms with Crippen molar-refractivity contribution in [3.05, 3.63) is 224 Å². The number of carboxylic acid groups (broad SMARTS) is 2. The molecule has 0 radical (unpaired) electrons. The normalized spacial score (nSPS) is 17.2. The quantitative estimate of drug-likeness (QED) is 0.00409. The highest BCUT2D eigenvalue weighted by Gasteiger charge is 2.45. The van der Waals surface area contributed by atoms with E-state index in [1.54, 1.807) is 6.92 Å². The van der Waals surface area contributed by atoms with E-state index in [4.69, 9.17) is 38.6 Å². The molecule has 0 aliphatic heterocycles. The molecule has 3 N–H and O–H groups in total. The predicted octanol–water partition coefficient (Wildman–Crippen LogP) is 14.9. The van der Waals surface area contributed by atoms with Crippen LogP contribution in [-0.4, -0.2) is 197 Å². The summed E-state index contributed by atoms with van der Waals surface area (Å²) in [4.78, 5) is 123. The van der Waals surface area contributed by atoms with E-state index in [2.05, 4.69) is 23.9 Å². The molecule has 28 nitrogen and oxygen atoms in total.